The van der Waals surface area contributed by atoms with E-state index < -0.39 is 17.8 Å². The number of carbonyl (C=O) groups excluding carboxylic acids is 1. The van der Waals surface area contributed by atoms with Gasteiger partial charge in [-0.2, -0.15) is 13.2 Å². The van der Waals surface area contributed by atoms with E-state index >= 15 is 0 Å². The molecule has 0 radical (unpaired) electrons. The van der Waals surface area contributed by atoms with Gasteiger partial charge in [0.15, 0.2) is 5.82 Å². The van der Waals surface area contributed by atoms with E-state index in [0.29, 0.717) is 25.5 Å². The lowest BCUT2D eigenvalue weighted by atomic mass is 10.1. The first-order chi connectivity index (χ1) is 8.97. The quantitative estimate of drug-likeness (QED) is 0.734. The van der Waals surface area contributed by atoms with Gasteiger partial charge < -0.3 is 15.5 Å². The van der Waals surface area contributed by atoms with Gasteiger partial charge in [-0.1, -0.05) is 0 Å². The Kier molecular flexibility index (Phi) is 2.63. The molecule has 1 aromatic heterocycles. The van der Waals surface area contributed by atoms with Gasteiger partial charge in [-0.3, -0.25) is 4.79 Å². The van der Waals surface area contributed by atoms with Gasteiger partial charge >= 0.3 is 6.18 Å². The van der Waals surface area contributed by atoms with Crippen LogP contribution in [0.15, 0.2) is 12.3 Å². The van der Waals surface area contributed by atoms with E-state index in [0.717, 1.165) is 12.3 Å². The number of rotatable bonds is 0. The second-order valence-electron chi connectivity index (χ2n) is 4.50. The van der Waals surface area contributed by atoms with Crippen LogP contribution in [0.3, 0.4) is 0 Å². The number of nitrogens with one attached hydrogen (secondary N) is 2. The number of halogens is 3. The Morgan fingerprint density at radius 2 is 2.21 bits per heavy atom. The molecule has 2 aliphatic rings. The molecule has 0 aromatic carbocycles. The van der Waals surface area contributed by atoms with Crippen molar-refractivity contribution in [2.45, 2.75) is 12.2 Å². The Hall–Kier alpha value is -1.83. The Balaban J connectivity index is 2.03. The summed E-state index contributed by atoms with van der Waals surface area (Å²) < 4.78 is 37.8. The number of carbonyl (C=O) groups is 1. The summed E-state index contributed by atoms with van der Waals surface area (Å²) in [4.78, 5) is 17.5. The SMILES string of the molecule is O=C1Nc2cc(C(F)(F)F)cnc2N2CCNC[C@@H]12. The third kappa shape index (κ3) is 2.01. The third-order valence-corrected chi connectivity index (χ3v) is 3.27. The maximum Gasteiger partial charge on any atom is 0.417 e. The van der Waals surface area contributed by atoms with Gasteiger partial charge in [0.1, 0.15) is 6.04 Å². The molecule has 0 saturated carbocycles. The number of amides is 1. The van der Waals surface area contributed by atoms with Crippen molar-refractivity contribution in [2.24, 2.45) is 0 Å². The molecule has 2 N–H and O–H groups in total. The fourth-order valence-corrected chi connectivity index (χ4v) is 2.34. The summed E-state index contributed by atoms with van der Waals surface area (Å²) in [6.45, 7) is 1.68. The van der Waals surface area contributed by atoms with Crippen LogP contribution in [0.4, 0.5) is 24.7 Å². The van der Waals surface area contributed by atoms with E-state index in [1.54, 1.807) is 4.90 Å². The highest BCUT2D eigenvalue weighted by atomic mass is 19.4. The van der Waals surface area contributed by atoms with Crippen LogP contribution in [0, 0.1) is 0 Å². The smallest absolute Gasteiger partial charge is 0.340 e. The van der Waals surface area contributed by atoms with Gasteiger partial charge in [0.2, 0.25) is 5.91 Å². The number of hydrogen-bond acceptors (Lipinski definition) is 4. The lowest BCUT2D eigenvalue weighted by Crippen LogP contribution is -2.59. The summed E-state index contributed by atoms with van der Waals surface area (Å²) in [6, 6.07) is 0.517. The van der Waals surface area contributed by atoms with Gasteiger partial charge in [-0.25, -0.2) is 4.98 Å². The zero-order valence-corrected chi connectivity index (χ0v) is 9.79. The van der Waals surface area contributed by atoms with Gasteiger partial charge in [-0.15, -0.1) is 0 Å². The molecule has 0 aliphatic carbocycles. The van der Waals surface area contributed by atoms with Crippen LogP contribution in [0.1, 0.15) is 5.56 Å². The average molecular weight is 272 g/mol. The van der Waals surface area contributed by atoms with Gasteiger partial charge in [0, 0.05) is 25.8 Å². The largest absolute Gasteiger partial charge is 0.417 e. The molecular weight excluding hydrogens is 261 g/mol. The molecule has 2 aliphatic heterocycles. The predicted octanol–water partition coefficient (Wildman–Crippen LogP) is 0.831. The van der Waals surface area contributed by atoms with E-state index in [1.807, 2.05) is 0 Å². The van der Waals surface area contributed by atoms with E-state index in [4.69, 9.17) is 0 Å². The number of alkyl halides is 3. The summed E-state index contributed by atoms with van der Waals surface area (Å²) in [5, 5.41) is 5.56. The molecule has 102 valence electrons. The van der Waals surface area contributed by atoms with Crippen LogP contribution in [-0.4, -0.2) is 36.6 Å². The topological polar surface area (TPSA) is 57.3 Å². The van der Waals surface area contributed by atoms with Gasteiger partial charge in [0.25, 0.3) is 0 Å². The first-order valence-corrected chi connectivity index (χ1v) is 5.82. The molecule has 3 heterocycles. The predicted molar refractivity (Wildman–Crippen MR) is 61.9 cm³/mol. The van der Waals surface area contributed by atoms with E-state index in [2.05, 4.69) is 15.6 Å². The molecule has 1 atom stereocenters. The highest BCUT2D eigenvalue weighted by Gasteiger charge is 2.38. The molecule has 1 fully saturated rings. The minimum Gasteiger partial charge on any atom is -0.340 e. The second-order valence-corrected chi connectivity index (χ2v) is 4.50. The monoisotopic (exact) mass is 272 g/mol. The summed E-state index contributed by atoms with van der Waals surface area (Å²) in [5.74, 6) is 0.0972. The molecule has 0 unspecified atom stereocenters. The van der Waals surface area contributed by atoms with E-state index in [1.165, 1.54) is 0 Å². The molecule has 8 heteroatoms. The summed E-state index contributed by atoms with van der Waals surface area (Å²) in [7, 11) is 0. The average Bonchev–Trinajstić information content (AvgIpc) is 2.37. The first kappa shape index (κ1) is 12.2. The van der Waals surface area contributed by atoms with Crippen LogP contribution in [-0.2, 0) is 11.0 Å². The minimum absolute atomic E-state index is 0.123. The van der Waals surface area contributed by atoms with Crippen LogP contribution < -0.4 is 15.5 Å². The molecule has 1 saturated heterocycles. The lowest BCUT2D eigenvalue weighted by Gasteiger charge is -2.40. The fraction of sp³-hybridized carbons (Fsp3) is 0.455. The number of nitrogens with zero attached hydrogens (tertiary/aromatic N) is 2. The van der Waals surface area contributed by atoms with E-state index in [-0.39, 0.29) is 11.6 Å². The van der Waals surface area contributed by atoms with Crippen molar-refractivity contribution in [1.82, 2.24) is 10.3 Å². The molecule has 1 amide bonds. The zero-order valence-electron chi connectivity index (χ0n) is 9.79. The Morgan fingerprint density at radius 1 is 1.42 bits per heavy atom. The summed E-state index contributed by atoms with van der Waals surface area (Å²) in [5.41, 5.74) is -0.738. The van der Waals surface area contributed by atoms with Crippen LogP contribution in [0.25, 0.3) is 0 Å². The van der Waals surface area contributed by atoms with Crippen LogP contribution >= 0.6 is 0 Å². The number of fused-ring (bicyclic) bond motifs is 3. The fourth-order valence-electron chi connectivity index (χ4n) is 2.34. The number of piperazine rings is 1. The van der Waals surface area contributed by atoms with Crippen LogP contribution in [0.2, 0.25) is 0 Å². The van der Waals surface area contributed by atoms with Crippen molar-refractivity contribution in [3.05, 3.63) is 17.8 Å². The summed E-state index contributed by atoms with van der Waals surface area (Å²) >= 11 is 0. The van der Waals surface area contributed by atoms with Crippen molar-refractivity contribution in [2.75, 3.05) is 29.9 Å². The van der Waals surface area contributed by atoms with Crippen LogP contribution in [0.5, 0.6) is 0 Å². The van der Waals surface area contributed by atoms with Gasteiger partial charge in [-0.05, 0) is 6.07 Å². The van der Waals surface area contributed by atoms with Gasteiger partial charge in [0.05, 0.1) is 11.3 Å². The molecule has 1 aromatic rings. The molecule has 5 nitrogen and oxygen atoms in total. The number of hydrogen-bond donors (Lipinski definition) is 2. The molecular formula is C11H11F3N4O. The lowest BCUT2D eigenvalue weighted by molar-refractivity contribution is -0.137. The standard InChI is InChI=1S/C11H11F3N4O/c12-11(13,14)6-3-7-9(16-4-6)18-2-1-15-5-8(18)10(19)17-7/h3-4,8,15H,1-2,5H2,(H,17,19)/t8-/m0/s1. The normalized spacial score (nSPS) is 22.6. The second kappa shape index (κ2) is 4.09. The van der Waals surface area contributed by atoms with Crippen molar-refractivity contribution in [3.63, 3.8) is 0 Å². The van der Waals surface area contributed by atoms with Crippen molar-refractivity contribution >= 4 is 17.4 Å². The third-order valence-electron chi connectivity index (χ3n) is 3.27. The van der Waals surface area contributed by atoms with E-state index in [9.17, 15) is 18.0 Å². The zero-order chi connectivity index (χ0) is 13.6. The number of aromatic nitrogens is 1. The summed E-state index contributed by atoms with van der Waals surface area (Å²) in [6.07, 6.45) is -3.66. The molecule has 3 rings (SSSR count). The minimum atomic E-state index is -4.47. The van der Waals surface area contributed by atoms with Crippen molar-refractivity contribution < 1.29 is 18.0 Å². The van der Waals surface area contributed by atoms with Crippen molar-refractivity contribution in [1.29, 1.82) is 0 Å². The maximum absolute atomic E-state index is 12.6. The van der Waals surface area contributed by atoms with Crippen molar-refractivity contribution in [3.8, 4) is 0 Å². The maximum atomic E-state index is 12.6. The number of anilines is 2. The molecule has 0 spiro atoms. The Morgan fingerprint density at radius 3 is 2.95 bits per heavy atom. The Labute approximate surface area is 106 Å². The molecule has 0 bridgehead atoms. The highest BCUT2D eigenvalue weighted by Crippen LogP contribution is 2.36. The highest BCUT2D eigenvalue weighted by molar-refractivity contribution is 6.03. The number of pyridine rings is 1. The first-order valence-electron chi connectivity index (χ1n) is 5.82. The molecule has 19 heavy (non-hydrogen) atoms. The Bertz CT molecular complexity index is 531.